The molecule has 0 saturated carbocycles. The molecule has 0 aliphatic heterocycles. The molecule has 0 bridgehead atoms. The number of nitro groups is 1. The maximum atomic E-state index is 12.5. The molecular formula is C7H3F2IN2O4. The van der Waals surface area contributed by atoms with Gasteiger partial charge in [0, 0.05) is 0 Å². The van der Waals surface area contributed by atoms with Crippen LogP contribution < -0.4 is 0 Å². The van der Waals surface area contributed by atoms with Gasteiger partial charge in [0.2, 0.25) is 0 Å². The van der Waals surface area contributed by atoms with Gasteiger partial charge < -0.3 is 5.11 Å². The molecule has 1 rings (SSSR count). The van der Waals surface area contributed by atoms with Crippen LogP contribution in [0.4, 0.5) is 14.5 Å². The number of pyridine rings is 1. The minimum Gasteiger partial charge on any atom is -0.477 e. The van der Waals surface area contributed by atoms with E-state index in [9.17, 15) is 23.7 Å². The Bertz CT molecular complexity index is 466. The molecule has 0 fully saturated rings. The Morgan fingerprint density at radius 1 is 1.62 bits per heavy atom. The quantitative estimate of drug-likeness (QED) is 0.393. The first-order valence-electron chi connectivity index (χ1n) is 3.71. The number of carbonyl (C=O) groups is 1. The molecule has 0 atom stereocenters. The van der Waals surface area contributed by atoms with Gasteiger partial charge in [0.25, 0.3) is 6.43 Å². The van der Waals surface area contributed by atoms with Crippen molar-refractivity contribution in [1.29, 1.82) is 0 Å². The standard InChI is InChI=1S/C7H3F2IN2O4/c8-5(9)2-1-3(7(13)14)11-6(10)4(2)12(15)16/h1,5H,(H,13,14). The number of alkyl halides is 2. The summed E-state index contributed by atoms with van der Waals surface area (Å²) in [5.41, 5.74) is -2.45. The average Bonchev–Trinajstić information content (AvgIpc) is 2.15. The number of aromatic nitrogens is 1. The van der Waals surface area contributed by atoms with Gasteiger partial charge in [-0.05, 0) is 28.7 Å². The van der Waals surface area contributed by atoms with Crippen molar-refractivity contribution in [2.45, 2.75) is 6.43 Å². The summed E-state index contributed by atoms with van der Waals surface area (Å²) < 4.78 is 24.6. The van der Waals surface area contributed by atoms with Gasteiger partial charge in [0.05, 0.1) is 4.92 Å². The molecule has 1 N–H and O–H groups in total. The lowest BCUT2D eigenvalue weighted by Crippen LogP contribution is -2.07. The van der Waals surface area contributed by atoms with Gasteiger partial charge in [0.15, 0.2) is 3.70 Å². The van der Waals surface area contributed by atoms with Crippen LogP contribution in [0.25, 0.3) is 0 Å². The Balaban J connectivity index is 3.51. The number of rotatable bonds is 3. The molecule has 0 aliphatic rings. The number of hydrogen-bond donors (Lipinski definition) is 1. The third-order valence-electron chi connectivity index (χ3n) is 1.62. The molecular weight excluding hydrogens is 341 g/mol. The molecule has 0 spiro atoms. The number of carboxylic acid groups (broad SMARTS) is 1. The van der Waals surface area contributed by atoms with Crippen LogP contribution in [0.2, 0.25) is 0 Å². The molecule has 1 heterocycles. The monoisotopic (exact) mass is 344 g/mol. The van der Waals surface area contributed by atoms with Crippen molar-refractivity contribution in [3.05, 3.63) is 31.1 Å². The van der Waals surface area contributed by atoms with Crippen LogP contribution >= 0.6 is 22.6 Å². The first-order valence-corrected chi connectivity index (χ1v) is 4.78. The highest BCUT2D eigenvalue weighted by Gasteiger charge is 2.28. The fraction of sp³-hybridized carbons (Fsp3) is 0.143. The molecule has 86 valence electrons. The molecule has 9 heteroatoms. The van der Waals surface area contributed by atoms with E-state index in [1.54, 1.807) is 0 Å². The summed E-state index contributed by atoms with van der Waals surface area (Å²) in [6.45, 7) is 0. The smallest absolute Gasteiger partial charge is 0.354 e. The predicted molar refractivity (Wildman–Crippen MR) is 55.5 cm³/mol. The summed E-state index contributed by atoms with van der Waals surface area (Å²) in [4.78, 5) is 23.4. The van der Waals surface area contributed by atoms with E-state index in [2.05, 4.69) is 4.98 Å². The van der Waals surface area contributed by atoms with Gasteiger partial charge in [-0.15, -0.1) is 0 Å². The number of halogens is 3. The van der Waals surface area contributed by atoms with Gasteiger partial charge in [-0.1, -0.05) is 0 Å². The van der Waals surface area contributed by atoms with Gasteiger partial charge in [-0.3, -0.25) is 10.1 Å². The maximum Gasteiger partial charge on any atom is 0.354 e. The first kappa shape index (κ1) is 12.7. The highest BCUT2D eigenvalue weighted by atomic mass is 127. The summed E-state index contributed by atoms with van der Waals surface area (Å²) in [5, 5.41) is 19.1. The SMILES string of the molecule is O=C(O)c1cc(C(F)F)c([N+](=O)[O-])c(I)n1. The van der Waals surface area contributed by atoms with Crippen LogP contribution in [-0.4, -0.2) is 21.0 Å². The zero-order valence-electron chi connectivity index (χ0n) is 7.35. The van der Waals surface area contributed by atoms with Crippen LogP contribution in [0.15, 0.2) is 6.07 Å². The van der Waals surface area contributed by atoms with E-state index in [4.69, 9.17) is 5.11 Å². The predicted octanol–water partition coefficient (Wildman–Crippen LogP) is 2.23. The second-order valence-electron chi connectivity index (χ2n) is 2.60. The third-order valence-corrected chi connectivity index (χ3v) is 2.37. The van der Waals surface area contributed by atoms with E-state index in [-0.39, 0.29) is 3.70 Å². The fourth-order valence-corrected chi connectivity index (χ4v) is 1.75. The lowest BCUT2D eigenvalue weighted by atomic mass is 10.2. The number of hydrogen-bond acceptors (Lipinski definition) is 4. The zero-order chi connectivity index (χ0) is 12.5. The highest BCUT2D eigenvalue weighted by Crippen LogP contribution is 2.32. The lowest BCUT2D eigenvalue weighted by molar-refractivity contribution is -0.387. The maximum absolute atomic E-state index is 12.5. The van der Waals surface area contributed by atoms with E-state index < -0.39 is 34.3 Å². The fourth-order valence-electron chi connectivity index (χ4n) is 0.982. The Morgan fingerprint density at radius 3 is 2.56 bits per heavy atom. The van der Waals surface area contributed by atoms with Gasteiger partial charge in [-0.25, -0.2) is 18.6 Å². The van der Waals surface area contributed by atoms with Crippen LogP contribution in [0.5, 0.6) is 0 Å². The van der Waals surface area contributed by atoms with Crippen LogP contribution in [0, 0.1) is 13.8 Å². The summed E-state index contributed by atoms with van der Waals surface area (Å²) in [5.74, 6) is -1.52. The van der Waals surface area contributed by atoms with E-state index in [0.29, 0.717) is 6.07 Å². The molecule has 0 aromatic carbocycles. The molecule has 1 aromatic rings. The summed E-state index contributed by atoms with van der Waals surface area (Å²) in [6, 6.07) is 0.507. The Hall–Kier alpha value is -1.39. The molecule has 6 nitrogen and oxygen atoms in total. The molecule has 0 saturated heterocycles. The van der Waals surface area contributed by atoms with E-state index >= 15 is 0 Å². The minimum atomic E-state index is -3.13. The molecule has 0 unspecified atom stereocenters. The van der Waals surface area contributed by atoms with Crippen LogP contribution in [-0.2, 0) is 0 Å². The third kappa shape index (κ3) is 2.40. The van der Waals surface area contributed by atoms with E-state index in [0.717, 1.165) is 0 Å². The number of nitrogens with zero attached hydrogens (tertiary/aromatic N) is 2. The molecule has 0 radical (unpaired) electrons. The second-order valence-corrected chi connectivity index (χ2v) is 3.62. The zero-order valence-corrected chi connectivity index (χ0v) is 9.51. The summed E-state index contributed by atoms with van der Waals surface area (Å²) >= 11 is 1.34. The van der Waals surface area contributed by atoms with Crippen molar-refractivity contribution in [3.63, 3.8) is 0 Å². The van der Waals surface area contributed by atoms with Crippen molar-refractivity contribution in [3.8, 4) is 0 Å². The minimum absolute atomic E-state index is 0.377. The average molecular weight is 344 g/mol. The first-order chi connectivity index (χ1) is 7.34. The topological polar surface area (TPSA) is 93.3 Å². The Kier molecular flexibility index (Phi) is 3.67. The van der Waals surface area contributed by atoms with E-state index in [1.807, 2.05) is 0 Å². The van der Waals surface area contributed by atoms with Crippen molar-refractivity contribution < 1.29 is 23.6 Å². The van der Waals surface area contributed by atoms with Crippen molar-refractivity contribution in [2.75, 3.05) is 0 Å². The molecule has 0 amide bonds. The summed E-state index contributed by atoms with van der Waals surface area (Å²) in [6.07, 6.45) is -3.13. The molecule has 16 heavy (non-hydrogen) atoms. The van der Waals surface area contributed by atoms with Gasteiger partial charge in [-0.2, -0.15) is 0 Å². The van der Waals surface area contributed by atoms with Crippen LogP contribution in [0.1, 0.15) is 22.5 Å². The second kappa shape index (κ2) is 4.63. The van der Waals surface area contributed by atoms with Crippen LogP contribution in [0.3, 0.4) is 0 Å². The largest absolute Gasteiger partial charge is 0.477 e. The number of carboxylic acids is 1. The lowest BCUT2D eigenvalue weighted by Gasteiger charge is -2.04. The normalized spacial score (nSPS) is 10.5. The Labute approximate surface area is 101 Å². The highest BCUT2D eigenvalue weighted by molar-refractivity contribution is 14.1. The Morgan fingerprint density at radius 2 is 2.19 bits per heavy atom. The number of aromatic carboxylic acids is 1. The summed E-state index contributed by atoms with van der Waals surface area (Å²) in [7, 11) is 0. The molecule has 1 aromatic heterocycles. The van der Waals surface area contributed by atoms with Crippen molar-refractivity contribution >= 4 is 34.2 Å². The molecule has 0 aliphatic carbocycles. The van der Waals surface area contributed by atoms with Crippen molar-refractivity contribution in [1.82, 2.24) is 4.98 Å². The van der Waals surface area contributed by atoms with Gasteiger partial charge >= 0.3 is 11.7 Å². The van der Waals surface area contributed by atoms with Gasteiger partial charge in [0.1, 0.15) is 11.3 Å². The van der Waals surface area contributed by atoms with Crippen molar-refractivity contribution in [2.24, 2.45) is 0 Å². The van der Waals surface area contributed by atoms with E-state index in [1.165, 1.54) is 22.6 Å².